The summed E-state index contributed by atoms with van der Waals surface area (Å²) in [6, 6.07) is 4.21. The van der Waals surface area contributed by atoms with Gasteiger partial charge in [-0.15, -0.1) is 0 Å². The van der Waals surface area contributed by atoms with Crippen molar-refractivity contribution in [1.82, 2.24) is 5.32 Å². The molecule has 0 aromatic heterocycles. The van der Waals surface area contributed by atoms with Crippen molar-refractivity contribution in [2.75, 3.05) is 6.61 Å². The summed E-state index contributed by atoms with van der Waals surface area (Å²) < 4.78 is 18.8. The van der Waals surface area contributed by atoms with Crippen LogP contribution in [0.5, 0.6) is 5.75 Å². The molecule has 0 saturated heterocycles. The highest BCUT2D eigenvalue weighted by atomic mass is 19.1. The zero-order chi connectivity index (χ0) is 14.8. The molecule has 1 heterocycles. The van der Waals surface area contributed by atoms with Gasteiger partial charge in [0.05, 0.1) is 18.1 Å². The first-order valence-electron chi connectivity index (χ1n) is 7.53. The molecule has 1 amide bonds. The molecule has 2 aliphatic rings. The van der Waals surface area contributed by atoms with E-state index in [1.807, 2.05) is 0 Å². The highest BCUT2D eigenvalue weighted by molar-refractivity contribution is 5.80. The van der Waals surface area contributed by atoms with Crippen LogP contribution in [0.4, 0.5) is 4.39 Å². The summed E-state index contributed by atoms with van der Waals surface area (Å²) in [5.41, 5.74) is 0.727. The number of hydrogen-bond acceptors (Lipinski definition) is 3. The van der Waals surface area contributed by atoms with E-state index in [1.54, 1.807) is 6.07 Å². The van der Waals surface area contributed by atoms with Gasteiger partial charge in [0.25, 0.3) is 0 Å². The zero-order valence-electron chi connectivity index (χ0n) is 11.8. The second-order valence-electron chi connectivity index (χ2n) is 5.93. The van der Waals surface area contributed by atoms with Crippen molar-refractivity contribution >= 4 is 5.91 Å². The normalized spacial score (nSPS) is 28.4. The highest BCUT2D eigenvalue weighted by Gasteiger charge is 2.30. The van der Waals surface area contributed by atoms with Gasteiger partial charge in [-0.2, -0.15) is 0 Å². The molecule has 0 spiro atoms. The summed E-state index contributed by atoms with van der Waals surface area (Å²) in [6.07, 6.45) is 3.59. The fraction of sp³-hybridized carbons (Fsp3) is 0.562. The van der Waals surface area contributed by atoms with E-state index in [-0.39, 0.29) is 23.7 Å². The molecule has 3 rings (SSSR count). The van der Waals surface area contributed by atoms with Gasteiger partial charge in [0.1, 0.15) is 18.2 Å². The Morgan fingerprint density at radius 2 is 2.14 bits per heavy atom. The van der Waals surface area contributed by atoms with Gasteiger partial charge >= 0.3 is 0 Å². The number of fused-ring (bicyclic) bond motifs is 1. The quantitative estimate of drug-likeness (QED) is 0.874. The molecule has 1 aliphatic heterocycles. The number of aliphatic hydroxyl groups excluding tert-OH is 1. The fourth-order valence-corrected chi connectivity index (χ4v) is 3.11. The highest BCUT2D eigenvalue weighted by Crippen LogP contribution is 2.28. The molecule has 0 radical (unpaired) electrons. The lowest BCUT2D eigenvalue weighted by atomic mass is 9.91. The molecule has 0 bridgehead atoms. The Morgan fingerprint density at radius 1 is 1.33 bits per heavy atom. The molecule has 4 nitrogen and oxygen atoms in total. The topological polar surface area (TPSA) is 58.6 Å². The SMILES string of the molecule is O=C(NC1CCCCC1O)C1COc2ccc(F)cc2C1. The summed E-state index contributed by atoms with van der Waals surface area (Å²) in [5, 5.41) is 12.8. The van der Waals surface area contributed by atoms with Crippen molar-refractivity contribution in [3.63, 3.8) is 0 Å². The molecule has 114 valence electrons. The molecule has 21 heavy (non-hydrogen) atoms. The number of aliphatic hydroxyl groups is 1. The van der Waals surface area contributed by atoms with Gasteiger partial charge in [-0.05, 0) is 43.0 Å². The van der Waals surface area contributed by atoms with E-state index in [0.29, 0.717) is 18.8 Å². The number of ether oxygens (including phenoxy) is 1. The van der Waals surface area contributed by atoms with E-state index in [9.17, 15) is 14.3 Å². The molecule has 3 unspecified atom stereocenters. The third-order valence-electron chi connectivity index (χ3n) is 4.36. The molecule has 1 aromatic rings. The van der Waals surface area contributed by atoms with Crippen molar-refractivity contribution in [3.8, 4) is 5.75 Å². The fourth-order valence-electron chi connectivity index (χ4n) is 3.11. The van der Waals surface area contributed by atoms with Gasteiger partial charge in [-0.3, -0.25) is 4.79 Å². The number of amides is 1. The summed E-state index contributed by atoms with van der Waals surface area (Å²) in [4.78, 5) is 12.3. The lowest BCUT2D eigenvalue weighted by Crippen LogP contribution is -2.48. The third kappa shape index (κ3) is 3.18. The first-order chi connectivity index (χ1) is 10.1. The first-order valence-corrected chi connectivity index (χ1v) is 7.53. The van der Waals surface area contributed by atoms with E-state index >= 15 is 0 Å². The number of halogens is 1. The first kappa shape index (κ1) is 14.3. The van der Waals surface area contributed by atoms with Crippen LogP contribution >= 0.6 is 0 Å². The minimum absolute atomic E-state index is 0.115. The Kier molecular flexibility index (Phi) is 4.10. The zero-order valence-corrected chi connectivity index (χ0v) is 11.8. The van der Waals surface area contributed by atoms with Crippen LogP contribution in [0.1, 0.15) is 31.2 Å². The summed E-state index contributed by atoms with van der Waals surface area (Å²) >= 11 is 0. The summed E-state index contributed by atoms with van der Waals surface area (Å²) in [5.74, 6) is -0.108. The van der Waals surface area contributed by atoms with Crippen molar-refractivity contribution in [2.24, 2.45) is 5.92 Å². The average Bonchev–Trinajstić information content (AvgIpc) is 2.48. The van der Waals surface area contributed by atoms with Gasteiger partial charge in [0, 0.05) is 0 Å². The van der Waals surface area contributed by atoms with Crippen LogP contribution in [0.25, 0.3) is 0 Å². The number of rotatable bonds is 2. The summed E-state index contributed by atoms with van der Waals surface area (Å²) in [7, 11) is 0. The lowest BCUT2D eigenvalue weighted by Gasteiger charge is -2.31. The number of nitrogens with one attached hydrogen (secondary N) is 1. The molecule has 3 atom stereocenters. The van der Waals surface area contributed by atoms with Crippen LogP contribution in [0.2, 0.25) is 0 Å². The molecular weight excluding hydrogens is 273 g/mol. The van der Waals surface area contributed by atoms with Crippen LogP contribution in [0.15, 0.2) is 18.2 Å². The Balaban J connectivity index is 1.63. The van der Waals surface area contributed by atoms with Gasteiger partial charge in [-0.25, -0.2) is 4.39 Å². The van der Waals surface area contributed by atoms with E-state index in [2.05, 4.69) is 5.32 Å². The predicted molar refractivity (Wildman–Crippen MR) is 75.5 cm³/mol. The van der Waals surface area contributed by atoms with Crippen LogP contribution in [0, 0.1) is 11.7 Å². The van der Waals surface area contributed by atoms with Gasteiger partial charge in [0.15, 0.2) is 0 Å². The average molecular weight is 293 g/mol. The summed E-state index contributed by atoms with van der Waals surface area (Å²) in [6.45, 7) is 0.299. The number of hydrogen-bond donors (Lipinski definition) is 2. The molecule has 2 N–H and O–H groups in total. The lowest BCUT2D eigenvalue weighted by molar-refractivity contribution is -0.128. The maximum absolute atomic E-state index is 13.3. The molecule has 5 heteroatoms. The molecule has 1 aliphatic carbocycles. The Hall–Kier alpha value is -1.62. The van der Waals surface area contributed by atoms with Gasteiger partial charge in [-0.1, -0.05) is 12.8 Å². The van der Waals surface area contributed by atoms with Crippen LogP contribution < -0.4 is 10.1 Å². The minimum atomic E-state index is -0.461. The molecule has 1 saturated carbocycles. The van der Waals surface area contributed by atoms with Crippen LogP contribution in [0.3, 0.4) is 0 Å². The van der Waals surface area contributed by atoms with E-state index < -0.39 is 6.10 Å². The number of carbonyl (C=O) groups excluding carboxylic acids is 1. The smallest absolute Gasteiger partial charge is 0.227 e. The predicted octanol–water partition coefficient (Wildman–Crippen LogP) is 1.80. The Morgan fingerprint density at radius 3 is 2.95 bits per heavy atom. The second-order valence-corrected chi connectivity index (χ2v) is 5.93. The van der Waals surface area contributed by atoms with Crippen LogP contribution in [-0.4, -0.2) is 29.8 Å². The molecule has 1 fully saturated rings. The van der Waals surface area contributed by atoms with Crippen molar-refractivity contribution in [2.45, 2.75) is 44.2 Å². The molecule has 1 aromatic carbocycles. The number of carbonyl (C=O) groups is 1. The van der Waals surface area contributed by atoms with Gasteiger partial charge in [0.2, 0.25) is 5.91 Å². The van der Waals surface area contributed by atoms with Crippen molar-refractivity contribution in [3.05, 3.63) is 29.6 Å². The maximum Gasteiger partial charge on any atom is 0.227 e. The minimum Gasteiger partial charge on any atom is -0.492 e. The van der Waals surface area contributed by atoms with Gasteiger partial charge < -0.3 is 15.2 Å². The van der Waals surface area contributed by atoms with Crippen LogP contribution in [-0.2, 0) is 11.2 Å². The molecular formula is C16H20FNO3. The maximum atomic E-state index is 13.3. The Labute approximate surface area is 123 Å². The number of benzene rings is 1. The third-order valence-corrected chi connectivity index (χ3v) is 4.36. The second kappa shape index (κ2) is 6.02. The van der Waals surface area contributed by atoms with E-state index in [1.165, 1.54) is 12.1 Å². The Bertz CT molecular complexity index is 534. The van der Waals surface area contributed by atoms with E-state index in [0.717, 1.165) is 31.2 Å². The van der Waals surface area contributed by atoms with Crippen molar-refractivity contribution < 1.29 is 19.0 Å². The van der Waals surface area contributed by atoms with E-state index in [4.69, 9.17) is 4.74 Å². The standard InChI is InChI=1S/C16H20FNO3/c17-12-5-6-15-10(8-12)7-11(9-21-15)16(20)18-13-3-1-2-4-14(13)19/h5-6,8,11,13-14,19H,1-4,7,9H2,(H,18,20). The monoisotopic (exact) mass is 293 g/mol. The van der Waals surface area contributed by atoms with Crippen molar-refractivity contribution in [1.29, 1.82) is 0 Å². The largest absolute Gasteiger partial charge is 0.492 e.